The number of hydrogen-bond donors (Lipinski definition) is 2. The highest BCUT2D eigenvalue weighted by molar-refractivity contribution is 5.25. The van der Waals surface area contributed by atoms with Crippen LogP contribution in [-0.2, 0) is 31.8 Å². The Bertz CT molecular complexity index is 834. The molecule has 2 aliphatic rings. The highest BCUT2D eigenvalue weighted by Crippen LogP contribution is 2.39. The Morgan fingerprint density at radius 2 is 1.38 bits per heavy atom. The molecule has 2 aliphatic heterocycles. The predicted octanol–water partition coefficient (Wildman–Crippen LogP) is 3.84. The second-order valence-corrected chi connectivity index (χ2v) is 8.61. The third-order valence-electron chi connectivity index (χ3n) is 6.11. The molecule has 0 amide bonds. The summed E-state index contributed by atoms with van der Waals surface area (Å²) in [4.78, 5) is 0. The van der Waals surface area contributed by atoms with Gasteiger partial charge in [0.15, 0.2) is 12.6 Å². The summed E-state index contributed by atoms with van der Waals surface area (Å²) in [6.45, 7) is 4.20. The van der Waals surface area contributed by atoms with E-state index in [-0.39, 0.29) is 0 Å². The molecular weight excluding hydrogens is 408 g/mol. The normalized spacial score (nSPS) is 28.8. The summed E-state index contributed by atoms with van der Waals surface area (Å²) in [6.07, 6.45) is 0.221. The van der Waals surface area contributed by atoms with Gasteiger partial charge in [-0.3, -0.25) is 0 Å². The highest BCUT2D eigenvalue weighted by Gasteiger charge is 2.48. The minimum absolute atomic E-state index is 0.314. The number of benzene rings is 2. The molecule has 0 saturated carbocycles. The molecule has 2 heterocycles. The van der Waals surface area contributed by atoms with Crippen molar-refractivity contribution in [2.45, 2.75) is 76.5 Å². The van der Waals surface area contributed by atoms with Crippen LogP contribution in [-0.4, -0.2) is 47.8 Å². The summed E-state index contributed by atoms with van der Waals surface area (Å²) in [7, 11) is 0. The number of rotatable bonds is 8. The van der Waals surface area contributed by atoms with Gasteiger partial charge in [-0.1, -0.05) is 75.2 Å². The van der Waals surface area contributed by atoms with Gasteiger partial charge in [-0.05, 0) is 24.0 Å². The van der Waals surface area contributed by atoms with Gasteiger partial charge in [0.25, 0.3) is 0 Å². The maximum Gasteiger partial charge on any atom is 0.184 e. The van der Waals surface area contributed by atoms with E-state index in [2.05, 4.69) is 38.1 Å². The monoisotopic (exact) mass is 442 g/mol. The van der Waals surface area contributed by atoms with Crippen LogP contribution in [0.5, 0.6) is 0 Å². The second-order valence-electron chi connectivity index (χ2n) is 8.61. The van der Waals surface area contributed by atoms with E-state index in [9.17, 15) is 10.2 Å². The second kappa shape index (κ2) is 10.9. The fraction of sp³-hybridized carbons (Fsp3) is 0.538. The van der Waals surface area contributed by atoms with Gasteiger partial charge in [-0.15, -0.1) is 0 Å². The fourth-order valence-corrected chi connectivity index (χ4v) is 4.37. The Morgan fingerprint density at radius 1 is 0.812 bits per heavy atom. The lowest BCUT2D eigenvalue weighted by Crippen LogP contribution is -2.58. The van der Waals surface area contributed by atoms with Crippen molar-refractivity contribution in [3.8, 4) is 0 Å². The number of ether oxygens (including phenoxy) is 4. The topological polar surface area (TPSA) is 77.4 Å². The molecule has 6 heteroatoms. The van der Waals surface area contributed by atoms with E-state index in [1.54, 1.807) is 0 Å². The zero-order valence-corrected chi connectivity index (χ0v) is 18.9. The fourth-order valence-electron chi connectivity index (χ4n) is 4.37. The number of hydrogen-bond acceptors (Lipinski definition) is 6. The van der Waals surface area contributed by atoms with Crippen molar-refractivity contribution < 1.29 is 29.2 Å². The van der Waals surface area contributed by atoms with Crippen LogP contribution >= 0.6 is 0 Å². The average molecular weight is 443 g/mol. The Kier molecular flexibility index (Phi) is 7.94. The molecule has 2 N–H and O–H groups in total. The molecule has 6 nitrogen and oxygen atoms in total. The lowest BCUT2D eigenvalue weighted by Gasteiger charge is -2.47. The van der Waals surface area contributed by atoms with E-state index < -0.39 is 43.6 Å². The van der Waals surface area contributed by atoms with E-state index in [0.29, 0.717) is 6.61 Å². The van der Waals surface area contributed by atoms with Crippen LogP contribution in [0.25, 0.3) is 0 Å². The van der Waals surface area contributed by atoms with Gasteiger partial charge >= 0.3 is 0 Å². The first-order valence-corrected chi connectivity index (χ1v) is 11.7. The molecule has 2 fully saturated rings. The third-order valence-corrected chi connectivity index (χ3v) is 6.11. The summed E-state index contributed by atoms with van der Waals surface area (Å²) >= 11 is 0. The SMILES string of the molecule is CCCc1ccc(C2OC[C@@H]3OC(c4ccc(CCC)cc4)O[C@H]([C@H](O)CO)[C@@H]3O2)cc1. The van der Waals surface area contributed by atoms with Crippen LogP contribution in [0.15, 0.2) is 48.5 Å². The smallest absolute Gasteiger partial charge is 0.184 e. The molecule has 2 aromatic rings. The van der Waals surface area contributed by atoms with Crippen LogP contribution in [0.1, 0.15) is 61.5 Å². The van der Waals surface area contributed by atoms with Gasteiger partial charge in [-0.25, -0.2) is 0 Å². The number of aliphatic hydroxyl groups excluding tert-OH is 2. The van der Waals surface area contributed by atoms with Gasteiger partial charge in [0.05, 0.1) is 13.2 Å². The number of aliphatic hydroxyl groups is 2. The third kappa shape index (κ3) is 5.22. The summed E-state index contributed by atoms with van der Waals surface area (Å²) in [5.41, 5.74) is 4.31. The van der Waals surface area contributed by atoms with E-state index in [0.717, 1.165) is 36.8 Å². The molecule has 0 spiro atoms. The van der Waals surface area contributed by atoms with E-state index >= 15 is 0 Å². The minimum atomic E-state index is -1.08. The molecule has 174 valence electrons. The number of aryl methyl sites for hydroxylation is 2. The largest absolute Gasteiger partial charge is 0.394 e. The van der Waals surface area contributed by atoms with Crippen molar-refractivity contribution >= 4 is 0 Å². The first kappa shape index (κ1) is 23.4. The van der Waals surface area contributed by atoms with Crippen molar-refractivity contribution in [3.05, 3.63) is 70.8 Å². The van der Waals surface area contributed by atoms with Gasteiger partial charge in [0, 0.05) is 11.1 Å². The first-order valence-electron chi connectivity index (χ1n) is 11.7. The molecule has 2 saturated heterocycles. The van der Waals surface area contributed by atoms with Crippen LogP contribution in [0, 0.1) is 0 Å². The quantitative estimate of drug-likeness (QED) is 0.647. The first-order chi connectivity index (χ1) is 15.6. The van der Waals surface area contributed by atoms with Crippen molar-refractivity contribution in [1.29, 1.82) is 0 Å². The van der Waals surface area contributed by atoms with Crippen molar-refractivity contribution in [3.63, 3.8) is 0 Å². The summed E-state index contributed by atoms with van der Waals surface area (Å²) < 4.78 is 24.5. The molecule has 6 atom stereocenters. The van der Waals surface area contributed by atoms with Crippen LogP contribution in [0.4, 0.5) is 0 Å². The molecule has 0 radical (unpaired) electrons. The molecule has 2 aromatic carbocycles. The van der Waals surface area contributed by atoms with Crippen molar-refractivity contribution in [1.82, 2.24) is 0 Å². The average Bonchev–Trinajstić information content (AvgIpc) is 2.84. The summed E-state index contributed by atoms with van der Waals surface area (Å²) in [5, 5.41) is 20.1. The summed E-state index contributed by atoms with van der Waals surface area (Å²) in [6, 6.07) is 16.3. The molecule has 2 unspecified atom stereocenters. The Hall–Kier alpha value is -1.80. The zero-order chi connectivity index (χ0) is 22.5. The molecule has 0 aromatic heterocycles. The highest BCUT2D eigenvalue weighted by atomic mass is 16.8. The Morgan fingerprint density at radius 3 is 1.91 bits per heavy atom. The molecule has 0 bridgehead atoms. The lowest BCUT2D eigenvalue weighted by molar-refractivity contribution is -0.373. The van der Waals surface area contributed by atoms with Gasteiger partial charge in [0.2, 0.25) is 0 Å². The minimum Gasteiger partial charge on any atom is -0.394 e. The van der Waals surface area contributed by atoms with Crippen molar-refractivity contribution in [2.24, 2.45) is 0 Å². The van der Waals surface area contributed by atoms with Gasteiger partial charge in [0.1, 0.15) is 24.4 Å². The molecular formula is C26H34O6. The lowest BCUT2D eigenvalue weighted by atomic mass is 9.99. The van der Waals surface area contributed by atoms with Gasteiger partial charge in [-0.2, -0.15) is 0 Å². The molecule has 4 rings (SSSR count). The molecule has 0 aliphatic carbocycles. The maximum absolute atomic E-state index is 10.5. The summed E-state index contributed by atoms with van der Waals surface area (Å²) in [5.74, 6) is 0. The zero-order valence-electron chi connectivity index (χ0n) is 18.9. The van der Waals surface area contributed by atoms with E-state index in [1.807, 2.05) is 24.3 Å². The van der Waals surface area contributed by atoms with Crippen LogP contribution in [0.3, 0.4) is 0 Å². The predicted molar refractivity (Wildman–Crippen MR) is 120 cm³/mol. The van der Waals surface area contributed by atoms with Crippen molar-refractivity contribution in [2.75, 3.05) is 13.2 Å². The van der Waals surface area contributed by atoms with Crippen LogP contribution in [0.2, 0.25) is 0 Å². The van der Waals surface area contributed by atoms with E-state index in [1.165, 1.54) is 11.1 Å². The Labute approximate surface area is 190 Å². The van der Waals surface area contributed by atoms with Gasteiger partial charge < -0.3 is 29.2 Å². The Balaban J connectivity index is 1.49. The number of fused-ring (bicyclic) bond motifs is 1. The standard InChI is InChI=1S/C26H34O6/c1-3-5-17-7-11-19(12-8-17)25-29-16-22-24(32-25)23(21(28)15-27)31-26(30-22)20-13-9-18(6-4-2)10-14-20/h7-14,21-28H,3-6,15-16H2,1-2H3/t21-,22+,23-,24-,25?,26?/m1/s1. The van der Waals surface area contributed by atoms with E-state index in [4.69, 9.17) is 18.9 Å². The molecule has 32 heavy (non-hydrogen) atoms. The van der Waals surface area contributed by atoms with Crippen LogP contribution < -0.4 is 0 Å². The maximum atomic E-state index is 10.5.